The zero-order valence-corrected chi connectivity index (χ0v) is 10.1. The van der Waals surface area contributed by atoms with Crippen LogP contribution in [0.1, 0.15) is 58.3 Å². The van der Waals surface area contributed by atoms with Crippen molar-refractivity contribution in [3.63, 3.8) is 0 Å². The van der Waals surface area contributed by atoms with Crippen molar-refractivity contribution in [1.29, 1.82) is 0 Å². The summed E-state index contributed by atoms with van der Waals surface area (Å²) in [6, 6.07) is 0. The van der Waals surface area contributed by atoms with Crippen molar-refractivity contribution in [3.05, 3.63) is 13.3 Å². The van der Waals surface area contributed by atoms with E-state index in [9.17, 15) is 0 Å². The van der Waals surface area contributed by atoms with Crippen LogP contribution in [-0.2, 0) is 0 Å². The summed E-state index contributed by atoms with van der Waals surface area (Å²) in [5.74, 6) is 0. The van der Waals surface area contributed by atoms with E-state index >= 15 is 0 Å². The first kappa shape index (κ1) is 15.2. The molecule has 0 aliphatic heterocycles. The molecule has 0 aromatic rings. The Morgan fingerprint density at radius 3 is 1.83 bits per heavy atom. The van der Waals surface area contributed by atoms with Gasteiger partial charge in [-0.3, -0.25) is 0 Å². The minimum absolute atomic E-state index is 0. The van der Waals surface area contributed by atoms with Gasteiger partial charge in [0.25, 0.3) is 0 Å². The second kappa shape index (κ2) is 14.3. The Labute approximate surface area is 94.7 Å². The van der Waals surface area contributed by atoms with Gasteiger partial charge in [0.1, 0.15) is 0 Å². The zero-order valence-electron chi connectivity index (χ0n) is 8.65. The second-order valence-corrected chi connectivity index (χ2v) is 3.13. The number of hydrogen-bond donors (Lipinski definition) is 0. The van der Waals surface area contributed by atoms with Crippen LogP contribution in [0.3, 0.4) is 0 Å². The molecule has 0 amide bonds. The number of hydrogen-bond acceptors (Lipinski definition) is 0. The van der Waals surface area contributed by atoms with Crippen LogP contribution >= 0.6 is 0 Å². The zero-order chi connectivity index (χ0) is 8.36. The average Bonchev–Trinajstić information content (AvgIpc) is 2.10. The molecule has 1 fully saturated rings. The van der Waals surface area contributed by atoms with Crippen molar-refractivity contribution in [3.8, 4) is 0 Å². The molecule has 0 unspecified atom stereocenters. The Morgan fingerprint density at radius 1 is 1.17 bits per heavy atom. The second-order valence-electron chi connectivity index (χ2n) is 3.13. The number of rotatable bonds is 2. The molecule has 1 saturated carbocycles. The van der Waals surface area contributed by atoms with Crippen molar-refractivity contribution >= 4 is 23.1 Å². The minimum Gasteiger partial charge on any atom is -0.343 e. The Hall–Kier alpha value is 0.766. The summed E-state index contributed by atoms with van der Waals surface area (Å²) in [4.78, 5) is 0. The largest absolute Gasteiger partial charge is 2.00 e. The molecule has 1 heteroatoms. The molecule has 1 rings (SSSR count). The molecule has 0 atom stereocenters. The maximum absolute atomic E-state index is 3.68. The Bertz CT molecular complexity index is 44.5. The van der Waals surface area contributed by atoms with Crippen LogP contribution in [0.5, 0.6) is 0 Å². The monoisotopic (exact) mass is 178 g/mol. The molecule has 0 radical (unpaired) electrons. The summed E-state index contributed by atoms with van der Waals surface area (Å²) in [6.45, 7) is 5.85. The molecule has 0 nitrogen and oxygen atoms in total. The van der Waals surface area contributed by atoms with E-state index in [1.54, 1.807) is 0 Å². The smallest absolute Gasteiger partial charge is 0.343 e. The molecular formula is C11H22Mg. The van der Waals surface area contributed by atoms with Gasteiger partial charge in [-0.25, -0.2) is 0 Å². The third-order valence-corrected chi connectivity index (χ3v) is 1.92. The molecule has 12 heavy (non-hydrogen) atoms. The fourth-order valence-electron chi connectivity index (χ4n) is 1.15. The summed E-state index contributed by atoms with van der Waals surface area (Å²) in [7, 11) is 0. The summed E-state index contributed by atoms with van der Waals surface area (Å²) in [6.07, 6.45) is 13.2. The van der Waals surface area contributed by atoms with Gasteiger partial charge >= 0.3 is 23.1 Å². The standard InChI is InChI=1S/C6H11.C5H11.Mg/c1-2-4-6-5-3-1;1-3-5-4-2;/h1H,2-6H2;1,3-5H2,2H3;/q2*-1;+2. The van der Waals surface area contributed by atoms with Crippen LogP contribution in [0.25, 0.3) is 0 Å². The van der Waals surface area contributed by atoms with Crippen molar-refractivity contribution in [2.24, 2.45) is 0 Å². The summed E-state index contributed by atoms with van der Waals surface area (Å²) < 4.78 is 0. The van der Waals surface area contributed by atoms with Gasteiger partial charge in [0.05, 0.1) is 0 Å². The first-order valence-corrected chi connectivity index (χ1v) is 5.02. The maximum atomic E-state index is 3.68. The van der Waals surface area contributed by atoms with E-state index in [0.29, 0.717) is 0 Å². The molecule has 0 bridgehead atoms. The third kappa shape index (κ3) is 13.4. The first-order valence-electron chi connectivity index (χ1n) is 5.02. The van der Waals surface area contributed by atoms with Crippen LogP contribution in [0.15, 0.2) is 0 Å². The molecule has 0 aromatic carbocycles. The molecule has 0 N–H and O–H groups in total. The Kier molecular flexibility index (Phi) is 18.2. The maximum Gasteiger partial charge on any atom is 2.00 e. The van der Waals surface area contributed by atoms with Crippen molar-refractivity contribution in [2.75, 3.05) is 0 Å². The molecule has 0 saturated heterocycles. The fraction of sp³-hybridized carbons (Fsp3) is 0.818. The van der Waals surface area contributed by atoms with Crippen LogP contribution < -0.4 is 0 Å². The Balaban J connectivity index is 0. The quantitative estimate of drug-likeness (QED) is 0.446. The van der Waals surface area contributed by atoms with Gasteiger partial charge in [0, 0.05) is 0 Å². The summed E-state index contributed by atoms with van der Waals surface area (Å²) >= 11 is 0. The van der Waals surface area contributed by atoms with Gasteiger partial charge < -0.3 is 13.3 Å². The van der Waals surface area contributed by atoms with E-state index in [0.717, 1.165) is 6.42 Å². The van der Waals surface area contributed by atoms with Gasteiger partial charge in [-0.2, -0.15) is 19.3 Å². The van der Waals surface area contributed by atoms with Gasteiger partial charge in [0.15, 0.2) is 0 Å². The van der Waals surface area contributed by atoms with Crippen LogP contribution in [0, 0.1) is 13.3 Å². The van der Waals surface area contributed by atoms with Crippen molar-refractivity contribution < 1.29 is 0 Å². The van der Waals surface area contributed by atoms with E-state index in [2.05, 4.69) is 20.3 Å². The van der Waals surface area contributed by atoms with E-state index < -0.39 is 0 Å². The molecule has 0 heterocycles. The van der Waals surface area contributed by atoms with Crippen LogP contribution in [-0.4, -0.2) is 23.1 Å². The fourth-order valence-corrected chi connectivity index (χ4v) is 1.15. The van der Waals surface area contributed by atoms with Crippen LogP contribution in [0.2, 0.25) is 0 Å². The average molecular weight is 179 g/mol. The van der Waals surface area contributed by atoms with Gasteiger partial charge in [-0.05, 0) is 0 Å². The predicted molar refractivity (Wildman–Crippen MR) is 58.0 cm³/mol. The SMILES string of the molecule is [CH-]1CCCCC1.[CH2-]CCCC.[Mg+2]. The van der Waals surface area contributed by atoms with Crippen LogP contribution in [0.4, 0.5) is 0 Å². The van der Waals surface area contributed by atoms with Gasteiger partial charge in [0.2, 0.25) is 0 Å². The molecule has 0 aromatic heterocycles. The van der Waals surface area contributed by atoms with Gasteiger partial charge in [-0.1, -0.05) is 39.0 Å². The summed E-state index contributed by atoms with van der Waals surface area (Å²) in [5.41, 5.74) is 0. The predicted octanol–water partition coefficient (Wildman–Crippen LogP) is 3.78. The molecular weight excluding hydrogens is 156 g/mol. The minimum atomic E-state index is 0. The topological polar surface area (TPSA) is 0 Å². The Morgan fingerprint density at radius 2 is 1.75 bits per heavy atom. The first-order chi connectivity index (χ1) is 5.41. The van der Waals surface area contributed by atoms with E-state index in [1.807, 2.05) is 0 Å². The molecule has 0 spiro atoms. The van der Waals surface area contributed by atoms with E-state index in [4.69, 9.17) is 0 Å². The molecule has 1 aliphatic carbocycles. The van der Waals surface area contributed by atoms with E-state index in [-0.39, 0.29) is 23.1 Å². The van der Waals surface area contributed by atoms with Gasteiger partial charge in [-0.15, -0.1) is 0 Å². The molecule has 1 aliphatic rings. The van der Waals surface area contributed by atoms with E-state index in [1.165, 1.54) is 44.9 Å². The number of unbranched alkanes of at least 4 members (excludes halogenated alkanes) is 2. The van der Waals surface area contributed by atoms with Crippen molar-refractivity contribution in [2.45, 2.75) is 58.3 Å². The molecule has 68 valence electrons. The summed E-state index contributed by atoms with van der Waals surface area (Å²) in [5, 5.41) is 0. The normalized spacial score (nSPS) is 15.5. The third-order valence-electron chi connectivity index (χ3n) is 1.92. The van der Waals surface area contributed by atoms with Crippen molar-refractivity contribution in [1.82, 2.24) is 0 Å².